The van der Waals surface area contributed by atoms with Crippen LogP contribution in [0.25, 0.3) is 0 Å². The zero-order chi connectivity index (χ0) is 13.7. The van der Waals surface area contributed by atoms with E-state index in [-0.39, 0.29) is 17.1 Å². The summed E-state index contributed by atoms with van der Waals surface area (Å²) in [6, 6.07) is 4.88. The average molecular weight is 267 g/mol. The van der Waals surface area contributed by atoms with Crippen LogP contribution in [0.4, 0.5) is 4.39 Å². The maximum atomic E-state index is 13.5. The molecule has 2 rings (SSSR count). The molecule has 1 saturated carbocycles. The van der Waals surface area contributed by atoms with Crippen molar-refractivity contribution in [3.8, 4) is 5.75 Å². The number of rotatable bonds is 5. The molecule has 1 aliphatic carbocycles. The van der Waals surface area contributed by atoms with Crippen molar-refractivity contribution in [3.05, 3.63) is 29.6 Å². The summed E-state index contributed by atoms with van der Waals surface area (Å²) in [6.07, 6.45) is 5.66. The molecule has 0 amide bonds. The Bertz CT molecular complexity index is 417. The summed E-state index contributed by atoms with van der Waals surface area (Å²) in [5, 5.41) is 0. The van der Waals surface area contributed by atoms with Crippen LogP contribution in [0.3, 0.4) is 0 Å². The van der Waals surface area contributed by atoms with Crippen LogP contribution in [0, 0.1) is 5.82 Å². The molecule has 0 heterocycles. The molecule has 1 fully saturated rings. The highest BCUT2D eigenvalue weighted by atomic mass is 19.1. The molecule has 106 valence electrons. The first-order chi connectivity index (χ1) is 9.13. The Morgan fingerprint density at radius 1 is 1.26 bits per heavy atom. The molecule has 0 aliphatic heterocycles. The van der Waals surface area contributed by atoms with Gasteiger partial charge in [0.15, 0.2) is 11.6 Å². The van der Waals surface area contributed by atoms with Gasteiger partial charge in [0.2, 0.25) is 0 Å². The first kappa shape index (κ1) is 14.3. The van der Waals surface area contributed by atoms with Crippen LogP contribution in [-0.4, -0.2) is 19.3 Å². The van der Waals surface area contributed by atoms with Crippen LogP contribution in [0.5, 0.6) is 5.75 Å². The third-order valence-electron chi connectivity index (χ3n) is 3.72. The van der Waals surface area contributed by atoms with Gasteiger partial charge in [-0.2, -0.15) is 0 Å². The standard InChI is InChI=1S/C15H22FNO2/c1-18-14-6-5-12(9-13(14)16)10-19-11-15(17)7-3-2-4-8-15/h5-6,9H,2-4,7-8,10-11,17H2,1H3. The Hall–Kier alpha value is -1.13. The van der Waals surface area contributed by atoms with Crippen molar-refractivity contribution in [1.82, 2.24) is 0 Å². The molecule has 3 nitrogen and oxygen atoms in total. The van der Waals surface area contributed by atoms with Crippen molar-refractivity contribution in [2.24, 2.45) is 5.73 Å². The van der Waals surface area contributed by atoms with Crippen LogP contribution in [0.1, 0.15) is 37.7 Å². The lowest BCUT2D eigenvalue weighted by molar-refractivity contribution is 0.0573. The molecule has 0 radical (unpaired) electrons. The number of methoxy groups -OCH3 is 1. The van der Waals surface area contributed by atoms with Gasteiger partial charge >= 0.3 is 0 Å². The van der Waals surface area contributed by atoms with Crippen LogP contribution in [0.15, 0.2) is 18.2 Å². The Labute approximate surface area is 113 Å². The van der Waals surface area contributed by atoms with Gasteiger partial charge in [0, 0.05) is 5.54 Å². The van der Waals surface area contributed by atoms with Crippen molar-refractivity contribution in [2.45, 2.75) is 44.2 Å². The number of nitrogens with two attached hydrogens (primary N) is 1. The van der Waals surface area contributed by atoms with E-state index >= 15 is 0 Å². The van der Waals surface area contributed by atoms with Crippen LogP contribution in [-0.2, 0) is 11.3 Å². The number of ether oxygens (including phenoxy) is 2. The normalized spacial score (nSPS) is 18.3. The predicted octanol–water partition coefficient (Wildman–Crippen LogP) is 3.01. The maximum Gasteiger partial charge on any atom is 0.165 e. The molecule has 1 aromatic carbocycles. The van der Waals surface area contributed by atoms with Gasteiger partial charge in [-0.15, -0.1) is 0 Å². The second kappa shape index (κ2) is 6.35. The predicted molar refractivity (Wildman–Crippen MR) is 72.6 cm³/mol. The topological polar surface area (TPSA) is 44.5 Å². The van der Waals surface area contributed by atoms with Gasteiger partial charge < -0.3 is 15.2 Å². The van der Waals surface area contributed by atoms with Gasteiger partial charge in [0.1, 0.15) is 0 Å². The van der Waals surface area contributed by atoms with Crippen molar-refractivity contribution >= 4 is 0 Å². The fourth-order valence-electron chi connectivity index (χ4n) is 2.57. The number of hydrogen-bond acceptors (Lipinski definition) is 3. The molecule has 0 saturated heterocycles. The lowest BCUT2D eigenvalue weighted by Crippen LogP contribution is -2.46. The second-order valence-electron chi connectivity index (χ2n) is 5.38. The number of halogens is 1. The fourth-order valence-corrected chi connectivity index (χ4v) is 2.57. The zero-order valence-corrected chi connectivity index (χ0v) is 11.5. The Kier molecular flexibility index (Phi) is 4.77. The van der Waals surface area contributed by atoms with E-state index in [1.165, 1.54) is 32.4 Å². The molecule has 4 heteroatoms. The van der Waals surface area contributed by atoms with Crippen molar-refractivity contribution in [2.75, 3.05) is 13.7 Å². The average Bonchev–Trinajstić information content (AvgIpc) is 2.39. The summed E-state index contributed by atoms with van der Waals surface area (Å²) in [5.41, 5.74) is 6.89. The minimum Gasteiger partial charge on any atom is -0.494 e. The quantitative estimate of drug-likeness (QED) is 0.892. The summed E-state index contributed by atoms with van der Waals surface area (Å²) >= 11 is 0. The van der Waals surface area contributed by atoms with E-state index in [0.29, 0.717) is 13.2 Å². The van der Waals surface area contributed by atoms with E-state index < -0.39 is 0 Å². The molecule has 0 aromatic heterocycles. The van der Waals surface area contributed by atoms with Crippen LogP contribution < -0.4 is 10.5 Å². The molecular weight excluding hydrogens is 245 g/mol. The number of hydrogen-bond donors (Lipinski definition) is 1. The minimum absolute atomic E-state index is 0.191. The Balaban J connectivity index is 1.83. The molecular formula is C15H22FNO2. The monoisotopic (exact) mass is 267 g/mol. The highest BCUT2D eigenvalue weighted by Crippen LogP contribution is 2.26. The minimum atomic E-state index is -0.358. The van der Waals surface area contributed by atoms with Crippen molar-refractivity contribution in [3.63, 3.8) is 0 Å². The van der Waals surface area contributed by atoms with E-state index in [4.69, 9.17) is 15.2 Å². The van der Waals surface area contributed by atoms with E-state index in [9.17, 15) is 4.39 Å². The van der Waals surface area contributed by atoms with Gasteiger partial charge in [-0.25, -0.2) is 4.39 Å². The molecule has 2 N–H and O–H groups in total. The summed E-state index contributed by atoms with van der Waals surface area (Å²) in [4.78, 5) is 0. The Morgan fingerprint density at radius 2 is 2.00 bits per heavy atom. The maximum absolute atomic E-state index is 13.5. The lowest BCUT2D eigenvalue weighted by Gasteiger charge is -2.33. The molecule has 0 spiro atoms. The molecule has 0 atom stereocenters. The van der Waals surface area contributed by atoms with E-state index in [1.54, 1.807) is 6.07 Å². The largest absolute Gasteiger partial charge is 0.494 e. The second-order valence-corrected chi connectivity index (χ2v) is 5.38. The summed E-state index contributed by atoms with van der Waals surface area (Å²) in [6.45, 7) is 0.931. The Morgan fingerprint density at radius 3 is 2.63 bits per heavy atom. The molecule has 19 heavy (non-hydrogen) atoms. The molecule has 0 bridgehead atoms. The third-order valence-corrected chi connectivity index (χ3v) is 3.72. The van der Waals surface area contributed by atoms with E-state index in [2.05, 4.69) is 0 Å². The first-order valence-electron chi connectivity index (χ1n) is 6.82. The third kappa shape index (κ3) is 3.91. The number of benzene rings is 1. The van der Waals surface area contributed by atoms with Crippen molar-refractivity contribution in [1.29, 1.82) is 0 Å². The van der Waals surface area contributed by atoms with Crippen molar-refractivity contribution < 1.29 is 13.9 Å². The summed E-state index contributed by atoms with van der Waals surface area (Å²) < 4.78 is 24.0. The van der Waals surface area contributed by atoms with E-state index in [1.807, 2.05) is 6.07 Å². The smallest absolute Gasteiger partial charge is 0.165 e. The first-order valence-corrected chi connectivity index (χ1v) is 6.82. The fraction of sp³-hybridized carbons (Fsp3) is 0.600. The SMILES string of the molecule is COc1ccc(COCC2(N)CCCCC2)cc1F. The van der Waals surface area contributed by atoms with Crippen LogP contribution >= 0.6 is 0 Å². The zero-order valence-electron chi connectivity index (χ0n) is 11.5. The van der Waals surface area contributed by atoms with Crippen LogP contribution in [0.2, 0.25) is 0 Å². The summed E-state index contributed by atoms with van der Waals surface area (Å²) in [7, 11) is 1.45. The van der Waals surface area contributed by atoms with Gasteiger partial charge in [-0.1, -0.05) is 25.3 Å². The van der Waals surface area contributed by atoms with Gasteiger partial charge in [-0.05, 0) is 30.5 Å². The highest BCUT2D eigenvalue weighted by Gasteiger charge is 2.27. The highest BCUT2D eigenvalue weighted by molar-refractivity contribution is 5.28. The molecule has 0 unspecified atom stereocenters. The summed E-state index contributed by atoms with van der Waals surface area (Å²) in [5.74, 6) is -0.102. The van der Waals surface area contributed by atoms with Gasteiger partial charge in [-0.3, -0.25) is 0 Å². The van der Waals surface area contributed by atoms with Gasteiger partial charge in [0.25, 0.3) is 0 Å². The van der Waals surface area contributed by atoms with Gasteiger partial charge in [0.05, 0.1) is 20.3 Å². The lowest BCUT2D eigenvalue weighted by atomic mass is 9.83. The molecule has 1 aliphatic rings. The molecule has 1 aromatic rings. The van der Waals surface area contributed by atoms with E-state index in [0.717, 1.165) is 18.4 Å².